The van der Waals surface area contributed by atoms with Crippen LogP contribution in [0.15, 0.2) is 12.2 Å². The molecule has 0 aromatic carbocycles. The molecule has 1 N–H and O–H groups in total. The third-order valence-electron chi connectivity index (χ3n) is 14.8. The van der Waals surface area contributed by atoms with Gasteiger partial charge in [-0.15, -0.1) is 0 Å². The Labute approximate surface area is 432 Å². The molecule has 69 heavy (non-hydrogen) atoms. The molecule has 0 radical (unpaired) electrons. The maximum atomic E-state index is 12.3. The number of ether oxygens (including phenoxy) is 2. The number of hydrogen-bond acceptors (Lipinski definition) is 5. The van der Waals surface area contributed by atoms with Crippen LogP contribution in [0, 0.1) is 0 Å². The number of hydrogen-bond donors (Lipinski definition) is 1. The molecular formula is C64H124O5. The lowest BCUT2D eigenvalue weighted by Crippen LogP contribution is -2.28. The molecule has 0 aromatic heterocycles. The van der Waals surface area contributed by atoms with Crippen molar-refractivity contribution in [3.05, 3.63) is 12.2 Å². The van der Waals surface area contributed by atoms with Gasteiger partial charge in [-0.1, -0.05) is 328 Å². The number of rotatable bonds is 60. The molecule has 0 saturated carbocycles. The molecule has 0 aliphatic carbocycles. The summed E-state index contributed by atoms with van der Waals surface area (Å²) in [7, 11) is 0. The molecule has 0 aromatic rings. The third-order valence-corrected chi connectivity index (χ3v) is 14.8. The van der Waals surface area contributed by atoms with Gasteiger partial charge in [-0.3, -0.25) is 9.59 Å². The zero-order valence-corrected chi connectivity index (χ0v) is 47.1. The second kappa shape index (κ2) is 60.9. The lowest BCUT2D eigenvalue weighted by Gasteiger charge is -2.15. The maximum absolute atomic E-state index is 12.3. The minimum Gasteiger partial charge on any atom is -0.462 e. The quantitative estimate of drug-likeness (QED) is 0.0373. The molecule has 5 nitrogen and oxygen atoms in total. The topological polar surface area (TPSA) is 72.8 Å². The first-order valence-corrected chi connectivity index (χ1v) is 31.7. The van der Waals surface area contributed by atoms with Crippen LogP contribution in [0.4, 0.5) is 0 Å². The normalized spacial score (nSPS) is 12.1. The number of aliphatic hydroxyl groups excluding tert-OH is 1. The largest absolute Gasteiger partial charge is 0.462 e. The molecule has 0 bridgehead atoms. The van der Waals surface area contributed by atoms with Crippen molar-refractivity contribution in [2.24, 2.45) is 0 Å². The molecule has 0 aliphatic heterocycles. The average molecular weight is 974 g/mol. The number of carbonyl (C=O) groups is 2. The highest BCUT2D eigenvalue weighted by atomic mass is 16.6. The fourth-order valence-corrected chi connectivity index (χ4v) is 10.0. The van der Waals surface area contributed by atoms with E-state index in [1.54, 1.807) is 0 Å². The number of esters is 2. The summed E-state index contributed by atoms with van der Waals surface area (Å²) in [6, 6.07) is 0. The molecule has 0 spiro atoms. The van der Waals surface area contributed by atoms with E-state index in [2.05, 4.69) is 26.0 Å². The molecule has 0 rings (SSSR count). The fraction of sp³-hybridized carbons (Fsp3) is 0.938. The van der Waals surface area contributed by atoms with Gasteiger partial charge >= 0.3 is 11.9 Å². The highest BCUT2D eigenvalue weighted by molar-refractivity contribution is 5.70. The van der Waals surface area contributed by atoms with E-state index in [-0.39, 0.29) is 25.2 Å². The highest BCUT2D eigenvalue weighted by Gasteiger charge is 2.16. The molecule has 1 atom stereocenters. The molecule has 5 heteroatoms. The van der Waals surface area contributed by atoms with Crippen LogP contribution >= 0.6 is 0 Å². The summed E-state index contributed by atoms with van der Waals surface area (Å²) in [4.78, 5) is 24.6. The van der Waals surface area contributed by atoms with E-state index in [0.29, 0.717) is 12.8 Å². The minimum absolute atomic E-state index is 0.0569. The fourth-order valence-electron chi connectivity index (χ4n) is 10.0. The van der Waals surface area contributed by atoms with Crippen molar-refractivity contribution in [3.63, 3.8) is 0 Å². The lowest BCUT2D eigenvalue weighted by molar-refractivity contribution is -0.161. The van der Waals surface area contributed by atoms with E-state index >= 15 is 0 Å². The second-order valence-corrected chi connectivity index (χ2v) is 21.9. The van der Waals surface area contributed by atoms with E-state index in [4.69, 9.17) is 9.47 Å². The third kappa shape index (κ3) is 59.1. The van der Waals surface area contributed by atoms with Gasteiger partial charge in [0.2, 0.25) is 0 Å². The lowest BCUT2D eigenvalue weighted by atomic mass is 10.0. The predicted molar refractivity (Wildman–Crippen MR) is 302 cm³/mol. The van der Waals surface area contributed by atoms with Crippen LogP contribution in [0.3, 0.4) is 0 Å². The summed E-state index contributed by atoms with van der Waals surface area (Å²) in [5, 5.41) is 9.68. The first-order valence-electron chi connectivity index (χ1n) is 31.7. The van der Waals surface area contributed by atoms with Crippen LogP contribution in [0.5, 0.6) is 0 Å². The highest BCUT2D eigenvalue weighted by Crippen LogP contribution is 2.19. The van der Waals surface area contributed by atoms with Crippen molar-refractivity contribution >= 4 is 11.9 Å². The molecule has 0 saturated heterocycles. The molecule has 0 aliphatic rings. The molecular weight excluding hydrogens is 849 g/mol. The maximum Gasteiger partial charge on any atom is 0.306 e. The van der Waals surface area contributed by atoms with Gasteiger partial charge in [-0.2, -0.15) is 0 Å². The average Bonchev–Trinajstić information content (AvgIpc) is 3.35. The molecule has 0 heterocycles. The minimum atomic E-state index is -0.766. The second-order valence-electron chi connectivity index (χ2n) is 21.9. The van der Waals surface area contributed by atoms with Crippen molar-refractivity contribution in [1.29, 1.82) is 0 Å². The number of aliphatic hydroxyl groups is 1. The van der Waals surface area contributed by atoms with E-state index in [0.717, 1.165) is 32.1 Å². The summed E-state index contributed by atoms with van der Waals surface area (Å²) in [5.41, 5.74) is 0. The van der Waals surface area contributed by atoms with E-state index in [1.807, 2.05) is 0 Å². The summed E-state index contributed by atoms with van der Waals surface area (Å²) in [5.74, 6) is -0.563. The van der Waals surface area contributed by atoms with Gasteiger partial charge in [-0.25, -0.2) is 0 Å². The zero-order chi connectivity index (χ0) is 49.9. The van der Waals surface area contributed by atoms with Crippen molar-refractivity contribution in [1.82, 2.24) is 0 Å². The molecule has 0 amide bonds. The molecule has 410 valence electrons. The van der Waals surface area contributed by atoms with Crippen LogP contribution in [0.1, 0.15) is 367 Å². The summed E-state index contributed by atoms with van der Waals surface area (Å²) in [6.07, 6.45) is 76.5. The standard InChI is InChI=1S/C64H124O5/c1-3-5-7-9-11-13-15-17-19-21-23-25-27-29-30-31-32-33-34-35-37-39-41-43-45-47-49-51-53-55-57-59-64(67)69-62(60-65)61-68-63(66)58-56-54-52-50-48-46-44-42-40-38-36-28-26-24-22-20-18-16-14-12-10-8-6-4-2/h21,23,62,65H,3-20,22,24-61H2,1-2H3/b23-21-. The molecule has 1 unspecified atom stereocenters. The van der Waals surface area contributed by atoms with Gasteiger partial charge in [0.1, 0.15) is 6.61 Å². The Kier molecular flexibility index (Phi) is 59.7. The van der Waals surface area contributed by atoms with Crippen LogP contribution < -0.4 is 0 Å². The zero-order valence-electron chi connectivity index (χ0n) is 47.1. The van der Waals surface area contributed by atoms with Crippen molar-refractivity contribution < 1.29 is 24.2 Å². The van der Waals surface area contributed by atoms with Crippen LogP contribution in [0.25, 0.3) is 0 Å². The van der Waals surface area contributed by atoms with Crippen molar-refractivity contribution in [2.45, 2.75) is 373 Å². The van der Waals surface area contributed by atoms with Crippen LogP contribution in [-0.4, -0.2) is 36.4 Å². The Balaban J connectivity index is 3.38. The van der Waals surface area contributed by atoms with E-state index < -0.39 is 6.10 Å². The number of unbranched alkanes of at least 4 members (excludes halogenated alkanes) is 50. The Morgan fingerprint density at radius 2 is 0.536 bits per heavy atom. The van der Waals surface area contributed by atoms with Gasteiger partial charge in [0, 0.05) is 12.8 Å². The summed E-state index contributed by atoms with van der Waals surface area (Å²) >= 11 is 0. The Morgan fingerprint density at radius 1 is 0.319 bits per heavy atom. The number of allylic oxidation sites excluding steroid dienone is 2. The molecule has 0 fully saturated rings. The Hall–Kier alpha value is -1.36. The summed E-state index contributed by atoms with van der Waals surface area (Å²) in [6.45, 7) is 4.21. The van der Waals surface area contributed by atoms with Gasteiger partial charge in [0.25, 0.3) is 0 Å². The first-order chi connectivity index (χ1) is 34.1. The SMILES string of the molecule is CCCCCCCCCC/C=C\CCCCCCCCCCCCCCCCCCCCCC(=O)OC(CO)COC(=O)CCCCCCCCCCCCCCCCCCCCCCCCCC. The van der Waals surface area contributed by atoms with E-state index in [1.165, 1.54) is 308 Å². The van der Waals surface area contributed by atoms with Crippen molar-refractivity contribution in [2.75, 3.05) is 13.2 Å². The first kappa shape index (κ1) is 67.6. The smallest absolute Gasteiger partial charge is 0.306 e. The number of carbonyl (C=O) groups excluding carboxylic acids is 2. The van der Waals surface area contributed by atoms with Gasteiger partial charge in [0.15, 0.2) is 6.10 Å². The van der Waals surface area contributed by atoms with E-state index in [9.17, 15) is 14.7 Å². The monoisotopic (exact) mass is 973 g/mol. The van der Waals surface area contributed by atoms with Gasteiger partial charge < -0.3 is 14.6 Å². The van der Waals surface area contributed by atoms with Gasteiger partial charge in [0.05, 0.1) is 6.61 Å². The van der Waals surface area contributed by atoms with Crippen LogP contribution in [-0.2, 0) is 19.1 Å². The predicted octanol–water partition coefficient (Wildman–Crippen LogP) is 21.5. The van der Waals surface area contributed by atoms with Gasteiger partial charge in [-0.05, 0) is 38.5 Å². The van der Waals surface area contributed by atoms with Crippen molar-refractivity contribution in [3.8, 4) is 0 Å². The Morgan fingerprint density at radius 3 is 0.783 bits per heavy atom. The summed E-state index contributed by atoms with van der Waals surface area (Å²) < 4.78 is 10.7. The van der Waals surface area contributed by atoms with Crippen LogP contribution in [0.2, 0.25) is 0 Å². The Bertz CT molecular complexity index is 1010.